The molecule has 19 heavy (non-hydrogen) atoms. The zero-order valence-electron chi connectivity index (χ0n) is 11.4. The summed E-state index contributed by atoms with van der Waals surface area (Å²) < 4.78 is 0. The van der Waals surface area contributed by atoms with E-state index in [2.05, 4.69) is 4.90 Å². The monoisotopic (exact) mass is 262 g/mol. The fourth-order valence-corrected chi connectivity index (χ4v) is 2.60. The van der Waals surface area contributed by atoms with Crippen molar-refractivity contribution in [3.05, 3.63) is 23.8 Å². The summed E-state index contributed by atoms with van der Waals surface area (Å²) in [5, 5.41) is 0. The van der Waals surface area contributed by atoms with Gasteiger partial charge in [0.25, 0.3) is 5.91 Å². The molecule has 5 nitrogen and oxygen atoms in total. The van der Waals surface area contributed by atoms with Crippen molar-refractivity contribution in [1.82, 2.24) is 4.90 Å². The van der Waals surface area contributed by atoms with Crippen molar-refractivity contribution in [2.24, 2.45) is 5.73 Å². The first-order valence-corrected chi connectivity index (χ1v) is 6.71. The van der Waals surface area contributed by atoms with Gasteiger partial charge in [-0.1, -0.05) is 6.07 Å². The molecule has 1 aliphatic heterocycles. The normalized spacial score (nSPS) is 15.6. The lowest BCUT2D eigenvalue weighted by molar-refractivity contribution is 0.100. The summed E-state index contributed by atoms with van der Waals surface area (Å²) in [6.07, 6.45) is 2.56. The minimum atomic E-state index is -0.435. The van der Waals surface area contributed by atoms with E-state index in [1.807, 2.05) is 11.9 Å². The Morgan fingerprint density at radius 2 is 2.05 bits per heavy atom. The maximum atomic E-state index is 11.5. The van der Waals surface area contributed by atoms with E-state index in [-0.39, 0.29) is 0 Å². The zero-order chi connectivity index (χ0) is 13.8. The van der Waals surface area contributed by atoms with E-state index in [0.717, 1.165) is 18.8 Å². The molecule has 1 aromatic rings. The van der Waals surface area contributed by atoms with Crippen molar-refractivity contribution in [2.75, 3.05) is 43.9 Å². The molecule has 0 spiro atoms. The van der Waals surface area contributed by atoms with E-state index in [4.69, 9.17) is 11.5 Å². The van der Waals surface area contributed by atoms with E-state index >= 15 is 0 Å². The molecule has 1 saturated heterocycles. The van der Waals surface area contributed by atoms with Crippen LogP contribution in [0.5, 0.6) is 0 Å². The fourth-order valence-electron chi connectivity index (χ4n) is 2.60. The minimum Gasteiger partial charge on any atom is -0.397 e. The number of amides is 1. The van der Waals surface area contributed by atoms with Crippen LogP contribution in [0, 0.1) is 0 Å². The van der Waals surface area contributed by atoms with Crippen LogP contribution in [0.25, 0.3) is 0 Å². The first-order chi connectivity index (χ1) is 9.09. The molecular formula is C14H22N4O. The second kappa shape index (κ2) is 5.93. The van der Waals surface area contributed by atoms with Crippen LogP contribution in [0.2, 0.25) is 0 Å². The van der Waals surface area contributed by atoms with Crippen LogP contribution in [0.15, 0.2) is 18.2 Å². The molecule has 1 fully saturated rings. The average Bonchev–Trinajstić information content (AvgIpc) is 2.88. The second-order valence-electron chi connectivity index (χ2n) is 5.08. The number of carbonyl (C=O) groups is 1. The number of nitrogen functional groups attached to an aromatic ring is 1. The molecule has 1 aromatic carbocycles. The lowest BCUT2D eigenvalue weighted by atomic mass is 10.1. The standard InChI is InChI=1S/C14H22N4O/c1-17(9-10-18-7-2-3-8-18)13-11(14(16)19)5-4-6-12(13)15/h4-6H,2-3,7-10,15H2,1H3,(H2,16,19). The number of hydrogen-bond donors (Lipinski definition) is 2. The van der Waals surface area contributed by atoms with Crippen molar-refractivity contribution in [3.8, 4) is 0 Å². The number of carbonyl (C=O) groups excluding carboxylic acids is 1. The minimum absolute atomic E-state index is 0.435. The highest BCUT2D eigenvalue weighted by molar-refractivity contribution is 6.01. The number of nitrogens with zero attached hydrogens (tertiary/aromatic N) is 2. The van der Waals surface area contributed by atoms with Crippen LogP contribution < -0.4 is 16.4 Å². The van der Waals surface area contributed by atoms with Crippen molar-refractivity contribution in [1.29, 1.82) is 0 Å². The molecule has 0 unspecified atom stereocenters. The van der Waals surface area contributed by atoms with Crippen molar-refractivity contribution in [2.45, 2.75) is 12.8 Å². The Labute approximate surface area is 114 Å². The molecule has 0 saturated carbocycles. The van der Waals surface area contributed by atoms with Gasteiger partial charge in [0.1, 0.15) is 0 Å². The molecule has 1 heterocycles. The van der Waals surface area contributed by atoms with E-state index in [0.29, 0.717) is 11.3 Å². The van der Waals surface area contributed by atoms with Crippen LogP contribution >= 0.6 is 0 Å². The molecule has 0 aromatic heterocycles. The number of likely N-dealkylation sites (N-methyl/N-ethyl adjacent to an activating group) is 1. The van der Waals surface area contributed by atoms with Gasteiger partial charge >= 0.3 is 0 Å². The highest BCUT2D eigenvalue weighted by Crippen LogP contribution is 2.26. The molecule has 0 atom stereocenters. The Bertz CT molecular complexity index is 455. The largest absolute Gasteiger partial charge is 0.397 e. The smallest absolute Gasteiger partial charge is 0.250 e. The van der Waals surface area contributed by atoms with Crippen molar-refractivity contribution >= 4 is 17.3 Å². The van der Waals surface area contributed by atoms with Gasteiger partial charge in [0.05, 0.1) is 16.9 Å². The molecule has 1 aliphatic rings. The highest BCUT2D eigenvalue weighted by Gasteiger charge is 2.17. The first kappa shape index (κ1) is 13.7. The number of hydrogen-bond acceptors (Lipinski definition) is 4. The maximum Gasteiger partial charge on any atom is 0.250 e. The van der Waals surface area contributed by atoms with Crippen molar-refractivity contribution < 1.29 is 4.79 Å². The van der Waals surface area contributed by atoms with Gasteiger partial charge in [0.2, 0.25) is 0 Å². The Balaban J connectivity index is 2.08. The predicted octanol–water partition coefficient (Wildman–Crippen LogP) is 0.900. The maximum absolute atomic E-state index is 11.5. The van der Waals surface area contributed by atoms with Crippen LogP contribution in [0.4, 0.5) is 11.4 Å². The van der Waals surface area contributed by atoms with Gasteiger partial charge in [-0.25, -0.2) is 0 Å². The van der Waals surface area contributed by atoms with E-state index in [1.165, 1.54) is 25.9 Å². The van der Waals surface area contributed by atoms with Gasteiger partial charge in [0.15, 0.2) is 0 Å². The lowest BCUT2D eigenvalue weighted by Gasteiger charge is -2.25. The van der Waals surface area contributed by atoms with Gasteiger partial charge in [-0.3, -0.25) is 4.79 Å². The van der Waals surface area contributed by atoms with E-state index < -0.39 is 5.91 Å². The predicted molar refractivity (Wildman–Crippen MR) is 78.3 cm³/mol. The molecule has 4 N–H and O–H groups in total. The molecule has 104 valence electrons. The third-order valence-electron chi connectivity index (χ3n) is 3.66. The van der Waals surface area contributed by atoms with Gasteiger partial charge < -0.3 is 21.3 Å². The molecular weight excluding hydrogens is 240 g/mol. The summed E-state index contributed by atoms with van der Waals surface area (Å²) in [6, 6.07) is 5.28. The first-order valence-electron chi connectivity index (χ1n) is 6.71. The summed E-state index contributed by atoms with van der Waals surface area (Å²) in [7, 11) is 1.95. The number of rotatable bonds is 5. The Hall–Kier alpha value is -1.75. The van der Waals surface area contributed by atoms with Crippen LogP contribution in [-0.2, 0) is 0 Å². The van der Waals surface area contributed by atoms with Crippen molar-refractivity contribution in [3.63, 3.8) is 0 Å². The highest BCUT2D eigenvalue weighted by atomic mass is 16.1. The van der Waals surface area contributed by atoms with E-state index in [1.54, 1.807) is 18.2 Å². The van der Waals surface area contributed by atoms with E-state index in [9.17, 15) is 4.79 Å². The SMILES string of the molecule is CN(CCN1CCCC1)c1c(N)cccc1C(N)=O. The van der Waals surface area contributed by atoms with Crippen LogP contribution in [-0.4, -0.2) is 44.0 Å². The van der Waals surface area contributed by atoms with Gasteiger partial charge in [0, 0.05) is 20.1 Å². The summed E-state index contributed by atoms with van der Waals surface area (Å²) in [5.74, 6) is -0.435. The summed E-state index contributed by atoms with van der Waals surface area (Å²) in [6.45, 7) is 4.17. The number of para-hydroxylation sites is 1. The topological polar surface area (TPSA) is 75.6 Å². The summed E-state index contributed by atoms with van der Waals surface area (Å²) >= 11 is 0. The number of likely N-dealkylation sites (tertiary alicyclic amines) is 1. The Morgan fingerprint density at radius 1 is 1.37 bits per heavy atom. The van der Waals surface area contributed by atoms with Crippen LogP contribution in [0.3, 0.4) is 0 Å². The van der Waals surface area contributed by atoms with Gasteiger partial charge in [-0.2, -0.15) is 0 Å². The van der Waals surface area contributed by atoms with Crippen LogP contribution in [0.1, 0.15) is 23.2 Å². The third kappa shape index (κ3) is 3.17. The lowest BCUT2D eigenvalue weighted by Crippen LogP contribution is -2.33. The average molecular weight is 262 g/mol. The zero-order valence-corrected chi connectivity index (χ0v) is 11.4. The summed E-state index contributed by atoms with van der Waals surface area (Å²) in [5.41, 5.74) is 13.2. The van der Waals surface area contributed by atoms with Gasteiger partial charge in [-0.15, -0.1) is 0 Å². The molecule has 0 radical (unpaired) electrons. The Kier molecular flexibility index (Phi) is 4.27. The fraction of sp³-hybridized carbons (Fsp3) is 0.500. The number of anilines is 2. The molecule has 2 rings (SSSR count). The molecule has 0 aliphatic carbocycles. The molecule has 5 heteroatoms. The quantitative estimate of drug-likeness (QED) is 0.773. The second-order valence-corrected chi connectivity index (χ2v) is 5.08. The third-order valence-corrected chi connectivity index (χ3v) is 3.66. The van der Waals surface area contributed by atoms with Gasteiger partial charge in [-0.05, 0) is 38.1 Å². The molecule has 0 bridgehead atoms. The summed E-state index contributed by atoms with van der Waals surface area (Å²) in [4.78, 5) is 15.9. The number of primary amides is 1. The number of benzene rings is 1. The Morgan fingerprint density at radius 3 is 2.68 bits per heavy atom. The molecule has 1 amide bonds. The number of nitrogens with two attached hydrogens (primary N) is 2.